The van der Waals surface area contributed by atoms with E-state index in [0.717, 1.165) is 19.5 Å². The largest absolute Gasteiger partial charge is 0.326 e. The Balaban J connectivity index is 2.21. The van der Waals surface area contributed by atoms with Crippen molar-refractivity contribution >= 4 is 0 Å². The van der Waals surface area contributed by atoms with Crippen LogP contribution < -0.4 is 5.73 Å². The minimum atomic E-state index is 0.256. The fourth-order valence-electron chi connectivity index (χ4n) is 2.50. The van der Waals surface area contributed by atoms with Gasteiger partial charge >= 0.3 is 0 Å². The van der Waals surface area contributed by atoms with Gasteiger partial charge in [0.05, 0.1) is 11.7 Å². The van der Waals surface area contributed by atoms with Crippen LogP contribution in [0.25, 0.3) is 0 Å². The van der Waals surface area contributed by atoms with Gasteiger partial charge in [-0.2, -0.15) is 5.10 Å². The molecule has 2 rings (SSSR count). The first kappa shape index (κ1) is 10.6. The molecule has 15 heavy (non-hydrogen) atoms. The Morgan fingerprint density at radius 3 is 3.00 bits per heavy atom. The molecular weight excluding hydrogens is 188 g/mol. The third-order valence-electron chi connectivity index (χ3n) is 3.22. The fourth-order valence-corrected chi connectivity index (χ4v) is 2.50. The molecule has 1 aliphatic heterocycles. The third kappa shape index (κ3) is 1.92. The van der Waals surface area contributed by atoms with Crippen molar-refractivity contribution in [1.29, 1.82) is 0 Å². The molecule has 2 atom stereocenters. The normalized spacial score (nSPS) is 27.4. The molecule has 0 amide bonds. The summed E-state index contributed by atoms with van der Waals surface area (Å²) in [6, 6.07) is 2.70. The first-order chi connectivity index (χ1) is 7.24. The summed E-state index contributed by atoms with van der Waals surface area (Å²) in [7, 11) is 1.99. The number of hydrogen-bond acceptors (Lipinski definition) is 3. The Bertz CT molecular complexity index is 318. The average molecular weight is 208 g/mol. The van der Waals surface area contributed by atoms with Gasteiger partial charge < -0.3 is 5.73 Å². The Kier molecular flexibility index (Phi) is 3.07. The van der Waals surface area contributed by atoms with Gasteiger partial charge in [-0.15, -0.1) is 0 Å². The summed E-state index contributed by atoms with van der Waals surface area (Å²) in [5.41, 5.74) is 7.42. The number of aryl methyl sites for hydroxylation is 1. The average Bonchev–Trinajstić information content (AvgIpc) is 2.75. The van der Waals surface area contributed by atoms with Gasteiger partial charge in [0.15, 0.2) is 0 Å². The van der Waals surface area contributed by atoms with Crippen molar-refractivity contribution in [3.8, 4) is 0 Å². The molecule has 4 nitrogen and oxygen atoms in total. The summed E-state index contributed by atoms with van der Waals surface area (Å²) < 4.78 is 1.94. The maximum Gasteiger partial charge on any atom is 0.0670 e. The van der Waals surface area contributed by atoms with E-state index in [0.29, 0.717) is 6.04 Å². The molecule has 0 aromatic carbocycles. The van der Waals surface area contributed by atoms with Crippen LogP contribution in [0.1, 0.15) is 31.5 Å². The molecule has 0 bridgehead atoms. The van der Waals surface area contributed by atoms with E-state index in [2.05, 4.69) is 23.0 Å². The summed E-state index contributed by atoms with van der Waals surface area (Å²) in [5.74, 6) is 0. The van der Waals surface area contributed by atoms with Crippen LogP contribution in [0, 0.1) is 0 Å². The molecular formula is C11H20N4. The Morgan fingerprint density at radius 1 is 1.60 bits per heavy atom. The van der Waals surface area contributed by atoms with Crippen molar-refractivity contribution in [3.63, 3.8) is 0 Å². The highest BCUT2D eigenvalue weighted by atomic mass is 15.3. The van der Waals surface area contributed by atoms with Gasteiger partial charge in [-0.05, 0) is 25.5 Å². The van der Waals surface area contributed by atoms with Gasteiger partial charge in [0.25, 0.3) is 0 Å². The maximum atomic E-state index is 6.18. The van der Waals surface area contributed by atoms with Gasteiger partial charge in [0.2, 0.25) is 0 Å². The predicted octanol–water partition coefficient (Wildman–Crippen LogP) is 0.904. The second kappa shape index (κ2) is 4.33. The van der Waals surface area contributed by atoms with E-state index in [9.17, 15) is 0 Å². The molecule has 0 spiro atoms. The molecule has 1 aliphatic rings. The van der Waals surface area contributed by atoms with Crippen LogP contribution in [0.3, 0.4) is 0 Å². The van der Waals surface area contributed by atoms with E-state index >= 15 is 0 Å². The van der Waals surface area contributed by atoms with Crippen LogP contribution in [-0.2, 0) is 7.05 Å². The Hall–Kier alpha value is -0.870. The maximum absolute atomic E-state index is 6.18. The van der Waals surface area contributed by atoms with Crippen molar-refractivity contribution in [2.75, 3.05) is 13.1 Å². The molecule has 0 aliphatic carbocycles. The van der Waals surface area contributed by atoms with Crippen LogP contribution in [0.5, 0.6) is 0 Å². The summed E-state index contributed by atoms with van der Waals surface area (Å²) >= 11 is 0. The third-order valence-corrected chi connectivity index (χ3v) is 3.22. The van der Waals surface area contributed by atoms with Gasteiger partial charge in [-0.3, -0.25) is 9.58 Å². The Labute approximate surface area is 91.1 Å². The van der Waals surface area contributed by atoms with E-state index in [1.807, 2.05) is 17.9 Å². The molecule has 1 aromatic heterocycles. The number of nitrogens with zero attached hydrogens (tertiary/aromatic N) is 3. The van der Waals surface area contributed by atoms with E-state index < -0.39 is 0 Å². The van der Waals surface area contributed by atoms with Crippen LogP contribution in [0.15, 0.2) is 12.3 Å². The topological polar surface area (TPSA) is 47.1 Å². The highest BCUT2D eigenvalue weighted by Gasteiger charge is 2.33. The quantitative estimate of drug-likeness (QED) is 0.803. The van der Waals surface area contributed by atoms with Crippen LogP contribution in [-0.4, -0.2) is 33.8 Å². The lowest BCUT2D eigenvalue weighted by molar-refractivity contribution is 0.239. The van der Waals surface area contributed by atoms with Crippen molar-refractivity contribution in [1.82, 2.24) is 14.7 Å². The van der Waals surface area contributed by atoms with E-state index in [1.54, 1.807) is 0 Å². The van der Waals surface area contributed by atoms with Gasteiger partial charge in [0, 0.05) is 25.8 Å². The second-order valence-corrected chi connectivity index (χ2v) is 4.31. The molecule has 84 valence electrons. The molecule has 2 heterocycles. The molecule has 0 unspecified atom stereocenters. The summed E-state index contributed by atoms with van der Waals surface area (Å²) in [6.45, 7) is 4.46. The SMILES string of the molecule is CCCN1CC[C@H](N)[C@H]1c1ccnn1C. The smallest absolute Gasteiger partial charge is 0.0670 e. The lowest BCUT2D eigenvalue weighted by atomic mass is 10.1. The molecule has 0 saturated carbocycles. The summed E-state index contributed by atoms with van der Waals surface area (Å²) in [4.78, 5) is 2.47. The summed E-state index contributed by atoms with van der Waals surface area (Å²) in [6.07, 6.45) is 4.13. The fraction of sp³-hybridized carbons (Fsp3) is 0.727. The van der Waals surface area contributed by atoms with Gasteiger partial charge in [0.1, 0.15) is 0 Å². The van der Waals surface area contributed by atoms with Gasteiger partial charge in [-0.25, -0.2) is 0 Å². The molecule has 1 saturated heterocycles. The first-order valence-corrected chi connectivity index (χ1v) is 5.71. The van der Waals surface area contributed by atoms with Crippen LogP contribution >= 0.6 is 0 Å². The molecule has 1 fully saturated rings. The van der Waals surface area contributed by atoms with Crippen molar-refractivity contribution in [3.05, 3.63) is 18.0 Å². The van der Waals surface area contributed by atoms with Crippen molar-refractivity contribution in [2.24, 2.45) is 12.8 Å². The molecule has 1 aromatic rings. The highest BCUT2D eigenvalue weighted by molar-refractivity contribution is 5.12. The number of rotatable bonds is 3. The number of hydrogen-bond donors (Lipinski definition) is 1. The zero-order valence-corrected chi connectivity index (χ0v) is 9.56. The van der Waals surface area contributed by atoms with E-state index in [4.69, 9.17) is 5.73 Å². The van der Waals surface area contributed by atoms with Crippen molar-refractivity contribution < 1.29 is 0 Å². The molecule has 2 N–H and O–H groups in total. The predicted molar refractivity (Wildman–Crippen MR) is 60.4 cm³/mol. The zero-order valence-electron chi connectivity index (χ0n) is 9.56. The lowest BCUT2D eigenvalue weighted by Crippen LogP contribution is -2.33. The number of nitrogens with two attached hydrogens (primary N) is 1. The van der Waals surface area contributed by atoms with Crippen LogP contribution in [0.4, 0.5) is 0 Å². The first-order valence-electron chi connectivity index (χ1n) is 5.71. The number of aromatic nitrogens is 2. The molecule has 4 heteroatoms. The zero-order chi connectivity index (χ0) is 10.8. The lowest BCUT2D eigenvalue weighted by Gasteiger charge is -2.26. The van der Waals surface area contributed by atoms with Gasteiger partial charge in [-0.1, -0.05) is 6.92 Å². The van der Waals surface area contributed by atoms with Crippen LogP contribution in [0.2, 0.25) is 0 Å². The highest BCUT2D eigenvalue weighted by Crippen LogP contribution is 2.30. The minimum absolute atomic E-state index is 0.256. The minimum Gasteiger partial charge on any atom is -0.326 e. The number of likely N-dealkylation sites (tertiary alicyclic amines) is 1. The van der Waals surface area contributed by atoms with E-state index in [-0.39, 0.29) is 6.04 Å². The monoisotopic (exact) mass is 208 g/mol. The molecule has 0 radical (unpaired) electrons. The summed E-state index contributed by atoms with van der Waals surface area (Å²) in [5, 5.41) is 4.22. The Morgan fingerprint density at radius 2 is 2.40 bits per heavy atom. The van der Waals surface area contributed by atoms with Crippen molar-refractivity contribution in [2.45, 2.75) is 31.8 Å². The standard InChI is InChI=1S/C11H20N4/c1-3-7-15-8-5-9(12)11(15)10-4-6-13-14(10)2/h4,6,9,11H,3,5,7-8,12H2,1-2H3/t9-,11-/m0/s1. The second-order valence-electron chi connectivity index (χ2n) is 4.31. The van der Waals surface area contributed by atoms with E-state index in [1.165, 1.54) is 12.1 Å².